The van der Waals surface area contributed by atoms with Gasteiger partial charge in [0.05, 0.1) is 17.6 Å². The van der Waals surface area contributed by atoms with Gasteiger partial charge in [-0.2, -0.15) is 0 Å². The van der Waals surface area contributed by atoms with Gasteiger partial charge in [-0.1, -0.05) is 29.8 Å². The average Bonchev–Trinajstić information content (AvgIpc) is 3.27. The molecule has 0 atom stereocenters. The van der Waals surface area contributed by atoms with Crippen LogP contribution in [0.25, 0.3) is 11.0 Å². The van der Waals surface area contributed by atoms with Gasteiger partial charge in [-0.3, -0.25) is 4.79 Å². The number of carbonyl (C=O) groups is 1. The van der Waals surface area contributed by atoms with Gasteiger partial charge in [-0.25, -0.2) is 4.98 Å². The molecule has 0 aliphatic carbocycles. The summed E-state index contributed by atoms with van der Waals surface area (Å²) in [5.41, 5.74) is 10.0. The van der Waals surface area contributed by atoms with Gasteiger partial charge in [0, 0.05) is 42.7 Å². The van der Waals surface area contributed by atoms with Crippen LogP contribution in [0.15, 0.2) is 84.9 Å². The molecular formula is C32H30ClN3O5. The Morgan fingerprint density at radius 1 is 0.902 bits per heavy atom. The molecule has 1 heterocycles. The normalized spacial score (nSPS) is 11.0. The Labute approximate surface area is 242 Å². The quantitative estimate of drug-likeness (QED) is 0.158. The maximum atomic E-state index is 11.1. The molecule has 0 spiro atoms. The number of anilines is 1. The first-order valence-corrected chi connectivity index (χ1v) is 13.6. The first-order chi connectivity index (χ1) is 19.8. The number of aliphatic carboxylic acids is 1. The number of carboxylic acids is 1. The molecule has 0 radical (unpaired) electrons. The molecule has 3 N–H and O–H groups in total. The van der Waals surface area contributed by atoms with Crippen molar-refractivity contribution in [3.05, 3.63) is 107 Å². The lowest BCUT2D eigenvalue weighted by Gasteiger charge is -2.14. The Morgan fingerprint density at radius 2 is 1.63 bits per heavy atom. The van der Waals surface area contributed by atoms with Gasteiger partial charge in [-0.15, -0.1) is 0 Å². The smallest absolute Gasteiger partial charge is 0.303 e. The van der Waals surface area contributed by atoms with Crippen LogP contribution >= 0.6 is 11.6 Å². The largest absolute Gasteiger partial charge is 0.493 e. The SMILES string of the molecule is Cn1c(CCOc2ccc(CCC(=O)O)c(OCc3ccc(Cl)cc3)c2)nc2ccc(Oc3ccc(N)cc3)cc21. The zero-order chi connectivity index (χ0) is 28.8. The maximum absolute atomic E-state index is 11.1. The van der Waals surface area contributed by atoms with Crippen molar-refractivity contribution in [1.82, 2.24) is 9.55 Å². The summed E-state index contributed by atoms with van der Waals surface area (Å²) in [5, 5.41) is 9.80. The lowest BCUT2D eigenvalue weighted by Crippen LogP contribution is -2.07. The predicted octanol–water partition coefficient (Wildman–Crippen LogP) is 6.82. The third-order valence-corrected chi connectivity index (χ3v) is 6.86. The van der Waals surface area contributed by atoms with Crippen LogP contribution in [0.1, 0.15) is 23.4 Å². The zero-order valence-corrected chi connectivity index (χ0v) is 23.3. The third-order valence-electron chi connectivity index (χ3n) is 6.61. The van der Waals surface area contributed by atoms with Crippen LogP contribution < -0.4 is 19.9 Å². The highest BCUT2D eigenvalue weighted by atomic mass is 35.5. The van der Waals surface area contributed by atoms with Gasteiger partial charge in [0.1, 0.15) is 35.4 Å². The highest BCUT2D eigenvalue weighted by molar-refractivity contribution is 6.30. The topological polar surface area (TPSA) is 109 Å². The lowest BCUT2D eigenvalue weighted by atomic mass is 10.1. The Kier molecular flexibility index (Phi) is 8.60. The van der Waals surface area contributed by atoms with E-state index in [4.69, 9.17) is 41.6 Å². The number of rotatable bonds is 12. The number of carboxylic acid groups (broad SMARTS) is 1. The number of fused-ring (bicyclic) bond motifs is 1. The van der Waals surface area contributed by atoms with Crippen molar-refractivity contribution in [2.75, 3.05) is 12.3 Å². The number of halogens is 1. The summed E-state index contributed by atoms with van der Waals surface area (Å²) >= 11 is 5.98. The van der Waals surface area contributed by atoms with Crippen LogP contribution in [0, 0.1) is 0 Å². The molecule has 8 nitrogen and oxygen atoms in total. The van der Waals surface area contributed by atoms with E-state index in [2.05, 4.69) is 0 Å². The summed E-state index contributed by atoms with van der Waals surface area (Å²) in [6, 6.07) is 25.9. The number of hydrogen-bond acceptors (Lipinski definition) is 6. The molecule has 0 aliphatic rings. The van der Waals surface area contributed by atoms with E-state index in [0.29, 0.717) is 59.8 Å². The molecule has 0 saturated heterocycles. The number of nitrogens with two attached hydrogens (primary N) is 1. The maximum Gasteiger partial charge on any atom is 0.303 e. The summed E-state index contributed by atoms with van der Waals surface area (Å²) in [6.45, 7) is 0.724. The number of nitrogen functional groups attached to an aromatic ring is 1. The Balaban J connectivity index is 1.25. The van der Waals surface area contributed by atoms with Crippen LogP contribution in [-0.4, -0.2) is 27.2 Å². The molecule has 9 heteroatoms. The number of hydrogen-bond donors (Lipinski definition) is 2. The van der Waals surface area contributed by atoms with E-state index in [-0.39, 0.29) is 6.42 Å². The van der Waals surface area contributed by atoms with E-state index >= 15 is 0 Å². The first-order valence-electron chi connectivity index (χ1n) is 13.2. The molecule has 0 unspecified atom stereocenters. The molecular weight excluding hydrogens is 542 g/mol. The first kappa shape index (κ1) is 27.9. The van der Waals surface area contributed by atoms with Crippen LogP contribution in [0.3, 0.4) is 0 Å². The number of nitrogens with zero attached hydrogens (tertiary/aromatic N) is 2. The second-order valence-electron chi connectivity index (χ2n) is 9.59. The summed E-state index contributed by atoms with van der Waals surface area (Å²) in [4.78, 5) is 15.9. The molecule has 5 aromatic rings. The van der Waals surface area contributed by atoms with E-state index in [9.17, 15) is 4.79 Å². The lowest BCUT2D eigenvalue weighted by molar-refractivity contribution is -0.136. The molecule has 0 aliphatic heterocycles. The van der Waals surface area contributed by atoms with E-state index in [1.807, 2.05) is 72.3 Å². The predicted molar refractivity (Wildman–Crippen MR) is 159 cm³/mol. The molecule has 41 heavy (non-hydrogen) atoms. The fraction of sp³-hybridized carbons (Fsp3) is 0.188. The second-order valence-corrected chi connectivity index (χ2v) is 10.0. The van der Waals surface area contributed by atoms with Crippen molar-refractivity contribution in [1.29, 1.82) is 0 Å². The second kappa shape index (κ2) is 12.7. The third kappa shape index (κ3) is 7.29. The number of imidazole rings is 1. The minimum atomic E-state index is -0.861. The van der Waals surface area contributed by atoms with Gasteiger partial charge in [-0.05, 0) is 72.1 Å². The van der Waals surface area contributed by atoms with E-state index in [1.54, 1.807) is 24.3 Å². The average molecular weight is 572 g/mol. The van der Waals surface area contributed by atoms with E-state index in [1.165, 1.54) is 0 Å². The highest BCUT2D eigenvalue weighted by Crippen LogP contribution is 2.29. The molecule has 4 aromatic carbocycles. The summed E-state index contributed by atoms with van der Waals surface area (Å²) < 4.78 is 20.1. The van der Waals surface area contributed by atoms with E-state index in [0.717, 1.165) is 28.0 Å². The minimum absolute atomic E-state index is 0.0109. The van der Waals surface area contributed by atoms with Crippen molar-refractivity contribution in [2.45, 2.75) is 25.9 Å². The summed E-state index contributed by atoms with van der Waals surface area (Å²) in [7, 11) is 1.97. The fourth-order valence-corrected chi connectivity index (χ4v) is 4.51. The summed E-state index contributed by atoms with van der Waals surface area (Å²) in [5.74, 6) is 2.66. The number of aromatic nitrogens is 2. The van der Waals surface area contributed by atoms with Crippen molar-refractivity contribution < 1.29 is 24.1 Å². The van der Waals surface area contributed by atoms with Gasteiger partial charge in [0.15, 0.2) is 0 Å². The molecule has 210 valence electrons. The standard InChI is InChI=1S/C32H30ClN3O5/c1-36-29-18-27(41-25-11-8-24(34)9-12-25)13-14-28(29)35-31(36)16-17-39-26-10-4-22(5-15-32(37)38)30(19-26)40-20-21-2-6-23(33)7-3-21/h2-4,6-14,18-19H,5,15-17,20,34H2,1H3,(H,37,38). The molecule has 0 amide bonds. The van der Waals surface area contributed by atoms with Crippen LogP contribution in [-0.2, 0) is 31.3 Å². The monoisotopic (exact) mass is 571 g/mol. The van der Waals surface area contributed by atoms with Gasteiger partial charge < -0.3 is 29.6 Å². The van der Waals surface area contributed by atoms with Crippen molar-refractivity contribution in [2.24, 2.45) is 7.05 Å². The van der Waals surface area contributed by atoms with E-state index < -0.39 is 5.97 Å². The summed E-state index contributed by atoms with van der Waals surface area (Å²) in [6.07, 6.45) is 0.952. The number of aryl methyl sites for hydroxylation is 2. The van der Waals surface area contributed by atoms with Crippen LogP contribution in [0.2, 0.25) is 5.02 Å². The molecule has 0 saturated carbocycles. The van der Waals surface area contributed by atoms with Gasteiger partial charge in [0.25, 0.3) is 0 Å². The Hall–Kier alpha value is -4.69. The molecule has 5 rings (SSSR count). The molecule has 0 fully saturated rings. The minimum Gasteiger partial charge on any atom is -0.493 e. The fourth-order valence-electron chi connectivity index (χ4n) is 4.39. The highest BCUT2D eigenvalue weighted by Gasteiger charge is 2.12. The van der Waals surface area contributed by atoms with Crippen LogP contribution in [0.4, 0.5) is 5.69 Å². The Bertz CT molecular complexity index is 1650. The van der Waals surface area contributed by atoms with Crippen molar-refractivity contribution in [3.8, 4) is 23.0 Å². The number of ether oxygens (including phenoxy) is 3. The number of benzene rings is 4. The van der Waals surface area contributed by atoms with Crippen molar-refractivity contribution >= 4 is 34.3 Å². The van der Waals surface area contributed by atoms with Gasteiger partial charge >= 0.3 is 5.97 Å². The van der Waals surface area contributed by atoms with Crippen molar-refractivity contribution in [3.63, 3.8) is 0 Å². The van der Waals surface area contributed by atoms with Gasteiger partial charge in [0.2, 0.25) is 0 Å². The zero-order valence-electron chi connectivity index (χ0n) is 22.5. The Morgan fingerprint density at radius 3 is 2.39 bits per heavy atom. The molecule has 0 bridgehead atoms. The van der Waals surface area contributed by atoms with Crippen LogP contribution in [0.5, 0.6) is 23.0 Å². The molecule has 1 aromatic heterocycles.